The normalized spacial score (nSPS) is 14.3. The van der Waals surface area contributed by atoms with Crippen LogP contribution in [0.15, 0.2) is 54.7 Å². The summed E-state index contributed by atoms with van der Waals surface area (Å²) in [7, 11) is 2.07. The lowest BCUT2D eigenvalue weighted by Crippen LogP contribution is -2.46. The number of benzene rings is 2. The van der Waals surface area contributed by atoms with Crippen LogP contribution in [0, 0.1) is 13.8 Å². The summed E-state index contributed by atoms with van der Waals surface area (Å²) in [5, 5.41) is 3.28. The van der Waals surface area contributed by atoms with Crippen LogP contribution in [0.4, 0.5) is 0 Å². The predicted octanol–water partition coefficient (Wildman–Crippen LogP) is 2.63. The van der Waals surface area contributed by atoms with Gasteiger partial charge in [0.2, 0.25) is 11.9 Å². The van der Waals surface area contributed by atoms with Crippen LogP contribution >= 0.6 is 0 Å². The number of nitrogens with one attached hydrogen (secondary N) is 1. The second kappa shape index (κ2) is 7.60. The number of carbonyl (C=O) groups excluding carboxylic acids is 1. The first kappa shape index (κ1) is 18.4. The molecule has 1 saturated heterocycles. The first-order chi connectivity index (χ1) is 13.5. The molecular weight excluding hydrogens is 348 g/mol. The summed E-state index contributed by atoms with van der Waals surface area (Å²) in [6.45, 7) is 7.51. The zero-order chi connectivity index (χ0) is 19.7. The molecule has 2 aromatic carbocycles. The third kappa shape index (κ3) is 3.45. The van der Waals surface area contributed by atoms with Gasteiger partial charge in [-0.2, -0.15) is 4.68 Å². The molecule has 0 aliphatic carbocycles. The molecule has 1 aliphatic heterocycles. The van der Waals surface area contributed by atoms with Crippen molar-refractivity contribution < 1.29 is 9.48 Å². The van der Waals surface area contributed by atoms with E-state index in [1.54, 1.807) is 0 Å². The molecule has 0 spiro atoms. The maximum atomic E-state index is 12.7. The van der Waals surface area contributed by atoms with Gasteiger partial charge in [0.05, 0.1) is 12.7 Å². The van der Waals surface area contributed by atoms with Crippen LogP contribution in [0.1, 0.15) is 21.6 Å². The number of nitrogens with zero attached hydrogens (tertiary/aromatic N) is 3. The van der Waals surface area contributed by atoms with E-state index in [1.165, 1.54) is 11.3 Å². The molecule has 1 aromatic heterocycles. The fraction of sp³-hybridized carbons (Fsp3) is 0.304. The molecule has 5 nitrogen and oxygen atoms in total. The van der Waals surface area contributed by atoms with Gasteiger partial charge in [-0.05, 0) is 37.1 Å². The van der Waals surface area contributed by atoms with Gasteiger partial charge < -0.3 is 10.2 Å². The topological polar surface area (TPSA) is 41.2 Å². The van der Waals surface area contributed by atoms with Gasteiger partial charge in [-0.15, -0.1) is 0 Å². The summed E-state index contributed by atoms with van der Waals surface area (Å²) < 4.78 is 4.30. The highest BCUT2D eigenvalue weighted by Crippen LogP contribution is 2.23. The smallest absolute Gasteiger partial charge is 0.253 e. The van der Waals surface area contributed by atoms with Crippen molar-refractivity contribution in [1.82, 2.24) is 14.9 Å². The Kier molecular flexibility index (Phi) is 5.01. The van der Waals surface area contributed by atoms with Crippen LogP contribution in [-0.2, 0) is 7.05 Å². The second-order valence-electron chi connectivity index (χ2n) is 7.45. The maximum absolute atomic E-state index is 12.7. The molecule has 1 fully saturated rings. The fourth-order valence-electron chi connectivity index (χ4n) is 3.69. The van der Waals surface area contributed by atoms with E-state index in [9.17, 15) is 4.79 Å². The molecule has 0 unspecified atom stereocenters. The van der Waals surface area contributed by atoms with Gasteiger partial charge in [-0.1, -0.05) is 28.9 Å². The fourth-order valence-corrected chi connectivity index (χ4v) is 3.69. The van der Waals surface area contributed by atoms with Crippen molar-refractivity contribution in [2.24, 2.45) is 7.05 Å². The molecule has 1 N–H and O–H groups in total. The molecule has 4 rings (SSSR count). The third-order valence-electron chi connectivity index (χ3n) is 5.62. The van der Waals surface area contributed by atoms with Gasteiger partial charge in [0.15, 0.2) is 0 Å². The molecule has 1 amide bonds. The summed E-state index contributed by atoms with van der Waals surface area (Å²) in [4.78, 5) is 14.6. The van der Waals surface area contributed by atoms with Crippen molar-refractivity contribution in [1.29, 1.82) is 0 Å². The predicted molar refractivity (Wildman–Crippen MR) is 111 cm³/mol. The number of hydrogen-bond acceptors (Lipinski definition) is 2. The monoisotopic (exact) mass is 375 g/mol. The van der Waals surface area contributed by atoms with Gasteiger partial charge in [0.25, 0.3) is 5.91 Å². The lowest BCUT2D eigenvalue weighted by Gasteiger charge is -2.27. The van der Waals surface area contributed by atoms with Gasteiger partial charge in [-0.25, -0.2) is 0 Å². The van der Waals surface area contributed by atoms with E-state index >= 15 is 0 Å². The number of aromatic nitrogens is 2. The molecule has 144 valence electrons. The number of hydrogen-bond donors (Lipinski definition) is 1. The summed E-state index contributed by atoms with van der Waals surface area (Å²) in [5.74, 6) is 0.118. The number of amides is 1. The minimum Gasteiger partial charge on any atom is -0.336 e. The Hall–Kier alpha value is -2.92. The average Bonchev–Trinajstić information content (AvgIpc) is 3.07. The minimum atomic E-state index is 0.118. The van der Waals surface area contributed by atoms with Crippen LogP contribution in [0.2, 0.25) is 0 Å². The van der Waals surface area contributed by atoms with E-state index in [0.717, 1.165) is 48.6 Å². The molecule has 0 radical (unpaired) electrons. The van der Waals surface area contributed by atoms with Crippen LogP contribution in [0.25, 0.3) is 16.8 Å². The van der Waals surface area contributed by atoms with Crippen molar-refractivity contribution in [3.63, 3.8) is 0 Å². The zero-order valence-corrected chi connectivity index (χ0v) is 16.8. The molecule has 0 bridgehead atoms. The second-order valence-corrected chi connectivity index (χ2v) is 7.45. The number of piperazine rings is 1. The first-order valence-electron chi connectivity index (χ1n) is 9.80. The lowest BCUT2D eigenvalue weighted by atomic mass is 10.0. The van der Waals surface area contributed by atoms with Crippen molar-refractivity contribution in [2.75, 3.05) is 26.2 Å². The van der Waals surface area contributed by atoms with E-state index in [2.05, 4.69) is 66.0 Å². The molecule has 0 atom stereocenters. The van der Waals surface area contributed by atoms with E-state index in [0.29, 0.717) is 0 Å². The van der Waals surface area contributed by atoms with Gasteiger partial charge in [0, 0.05) is 49.4 Å². The van der Waals surface area contributed by atoms with E-state index < -0.39 is 0 Å². The van der Waals surface area contributed by atoms with E-state index in [4.69, 9.17) is 0 Å². The van der Waals surface area contributed by atoms with Crippen LogP contribution in [0.5, 0.6) is 0 Å². The Morgan fingerprint density at radius 1 is 0.964 bits per heavy atom. The van der Waals surface area contributed by atoms with Crippen molar-refractivity contribution in [3.05, 3.63) is 71.5 Å². The van der Waals surface area contributed by atoms with E-state index in [1.807, 2.05) is 29.2 Å². The Morgan fingerprint density at radius 2 is 1.64 bits per heavy atom. The summed E-state index contributed by atoms with van der Waals surface area (Å²) >= 11 is 0. The zero-order valence-electron chi connectivity index (χ0n) is 16.8. The van der Waals surface area contributed by atoms with Crippen LogP contribution in [0.3, 0.4) is 0 Å². The van der Waals surface area contributed by atoms with Crippen molar-refractivity contribution in [3.8, 4) is 16.8 Å². The first-order valence-corrected chi connectivity index (χ1v) is 9.80. The summed E-state index contributed by atoms with van der Waals surface area (Å²) in [6.07, 6.45) is 2.09. The third-order valence-corrected chi connectivity index (χ3v) is 5.62. The molecule has 5 heteroatoms. The quantitative estimate of drug-likeness (QED) is 0.715. The molecule has 1 aliphatic rings. The van der Waals surface area contributed by atoms with Gasteiger partial charge in [0.1, 0.15) is 0 Å². The Bertz CT molecular complexity index is 998. The Balaban J connectivity index is 1.62. The van der Waals surface area contributed by atoms with Crippen LogP contribution in [-0.4, -0.2) is 41.7 Å². The van der Waals surface area contributed by atoms with Crippen molar-refractivity contribution in [2.45, 2.75) is 13.8 Å². The molecule has 3 aromatic rings. The minimum absolute atomic E-state index is 0.118. The molecule has 28 heavy (non-hydrogen) atoms. The summed E-state index contributed by atoms with van der Waals surface area (Å²) in [6, 6.07) is 16.6. The number of rotatable bonds is 3. The Morgan fingerprint density at radius 3 is 2.29 bits per heavy atom. The van der Waals surface area contributed by atoms with Gasteiger partial charge >= 0.3 is 0 Å². The highest BCUT2D eigenvalue weighted by Gasteiger charge is 2.19. The highest BCUT2D eigenvalue weighted by atomic mass is 16.2. The summed E-state index contributed by atoms with van der Waals surface area (Å²) in [5.41, 5.74) is 6.61. The Labute approximate surface area is 166 Å². The maximum Gasteiger partial charge on any atom is 0.253 e. The molecule has 0 saturated carbocycles. The highest BCUT2D eigenvalue weighted by molar-refractivity contribution is 5.94. The van der Waals surface area contributed by atoms with Crippen molar-refractivity contribution >= 4 is 5.91 Å². The largest absolute Gasteiger partial charge is 0.336 e. The number of aryl methyl sites for hydroxylation is 2. The average molecular weight is 375 g/mol. The van der Waals surface area contributed by atoms with E-state index in [-0.39, 0.29) is 5.91 Å². The molecular formula is C23H27N4O+. The molecule has 2 heterocycles. The standard InChI is InChI=1S/C23H27N4O/c1-17-4-5-21(16-22(17)27-13-10-18(2)25(27)3)19-6-8-20(9-7-19)23(28)26-14-11-24-12-15-26/h4-10,13,16,24H,11-12,14-15H2,1-3H3/q+1. The lowest BCUT2D eigenvalue weighted by molar-refractivity contribution is -0.683. The van der Waals surface area contributed by atoms with Gasteiger partial charge in [-0.3, -0.25) is 4.79 Å². The SMILES string of the molecule is Cc1ccc(-c2ccc(C(=O)N3CCNCC3)cc2)cc1-[n+]1ccc(C)n1C. The van der Waals surface area contributed by atoms with Crippen LogP contribution < -0.4 is 10.00 Å². The number of carbonyl (C=O) groups is 1.